The molecule has 0 saturated carbocycles. The molecule has 0 aromatic heterocycles. The maximum absolute atomic E-state index is 6.37. The monoisotopic (exact) mass is 330 g/mol. The molecule has 0 fully saturated rings. The maximum atomic E-state index is 6.37. The lowest BCUT2D eigenvalue weighted by Gasteiger charge is -2.36. The van der Waals surface area contributed by atoms with Crippen LogP contribution in [0.1, 0.15) is 87.5 Å². The lowest BCUT2D eigenvalue weighted by Crippen LogP contribution is -2.31. The Hall–Kier alpha value is -1.24. The third-order valence-electron chi connectivity index (χ3n) is 4.93. The zero-order chi connectivity index (χ0) is 18.4. The van der Waals surface area contributed by atoms with E-state index >= 15 is 0 Å². The van der Waals surface area contributed by atoms with Crippen LogP contribution in [-0.2, 0) is 4.74 Å². The molecule has 136 valence electrons. The maximum Gasteiger partial charge on any atom is 0.104 e. The summed E-state index contributed by atoms with van der Waals surface area (Å²) in [7, 11) is 0. The van der Waals surface area contributed by atoms with Crippen LogP contribution in [0.5, 0.6) is 0 Å². The summed E-state index contributed by atoms with van der Waals surface area (Å²) in [6.07, 6.45) is 14.8. The molecule has 0 aromatic rings. The standard InChI is InChI=1S/C23H38O/c1-9-12-18(4)14-21-16-23(11-3,15-19(5)13-10-2)17-22(7,8)24-20(21)6/h9,12,14-15H,10-11,13,16-17H2,1-8H3/b12-9-,18-14-,19-15-/t23-/m0/s1. The Kier molecular flexibility index (Phi) is 7.57. The van der Waals surface area contributed by atoms with E-state index in [0.717, 1.165) is 25.0 Å². The topological polar surface area (TPSA) is 9.23 Å². The molecule has 1 heterocycles. The molecule has 0 amide bonds. The van der Waals surface area contributed by atoms with E-state index in [4.69, 9.17) is 4.74 Å². The van der Waals surface area contributed by atoms with E-state index in [1.54, 1.807) is 0 Å². The van der Waals surface area contributed by atoms with Gasteiger partial charge in [-0.25, -0.2) is 0 Å². The van der Waals surface area contributed by atoms with Crippen molar-refractivity contribution in [1.82, 2.24) is 0 Å². The van der Waals surface area contributed by atoms with Gasteiger partial charge < -0.3 is 4.74 Å². The van der Waals surface area contributed by atoms with Crippen molar-refractivity contribution in [3.05, 3.63) is 46.8 Å². The highest BCUT2D eigenvalue weighted by Gasteiger charge is 2.38. The van der Waals surface area contributed by atoms with Crippen LogP contribution < -0.4 is 0 Å². The minimum Gasteiger partial charge on any atom is -0.492 e. The number of hydrogen-bond acceptors (Lipinski definition) is 1. The first kappa shape index (κ1) is 20.8. The Morgan fingerprint density at radius 2 is 1.88 bits per heavy atom. The van der Waals surface area contributed by atoms with Crippen LogP contribution >= 0.6 is 0 Å². The largest absolute Gasteiger partial charge is 0.492 e. The molecule has 0 aliphatic carbocycles. The molecule has 0 unspecified atom stereocenters. The van der Waals surface area contributed by atoms with Gasteiger partial charge in [0.1, 0.15) is 5.60 Å². The fraction of sp³-hybridized carbons (Fsp3) is 0.652. The fourth-order valence-corrected chi connectivity index (χ4v) is 4.11. The molecule has 0 saturated heterocycles. The van der Waals surface area contributed by atoms with Crippen molar-refractivity contribution in [1.29, 1.82) is 0 Å². The Balaban J connectivity index is 3.36. The number of allylic oxidation sites excluding steroid dienone is 8. The first-order chi connectivity index (χ1) is 11.2. The number of rotatable bonds is 6. The third kappa shape index (κ3) is 6.00. The van der Waals surface area contributed by atoms with Gasteiger partial charge in [0.25, 0.3) is 0 Å². The lowest BCUT2D eigenvalue weighted by atomic mass is 9.71. The van der Waals surface area contributed by atoms with Gasteiger partial charge >= 0.3 is 0 Å². The molecule has 0 bridgehead atoms. The first-order valence-electron chi connectivity index (χ1n) is 9.55. The summed E-state index contributed by atoms with van der Waals surface area (Å²) in [5.74, 6) is 1.08. The molecule has 24 heavy (non-hydrogen) atoms. The van der Waals surface area contributed by atoms with E-state index in [1.165, 1.54) is 29.6 Å². The predicted molar refractivity (Wildman–Crippen MR) is 107 cm³/mol. The predicted octanol–water partition coefficient (Wildman–Crippen LogP) is 7.51. The van der Waals surface area contributed by atoms with Gasteiger partial charge in [-0.15, -0.1) is 0 Å². The Morgan fingerprint density at radius 1 is 1.21 bits per heavy atom. The quantitative estimate of drug-likeness (QED) is 0.361. The SMILES string of the molecule is C/C=C\C(C)=C/C1=C(C)OC(C)(C)C[C@](/C=C(/C)CCC)(CC)C1. The zero-order valence-corrected chi connectivity index (χ0v) is 17.3. The summed E-state index contributed by atoms with van der Waals surface area (Å²) in [6.45, 7) is 17.7. The molecule has 1 rings (SSSR count). The molecule has 0 N–H and O–H groups in total. The summed E-state index contributed by atoms with van der Waals surface area (Å²) in [5, 5.41) is 0. The summed E-state index contributed by atoms with van der Waals surface area (Å²) in [4.78, 5) is 0. The van der Waals surface area contributed by atoms with Crippen molar-refractivity contribution in [3.63, 3.8) is 0 Å². The normalized spacial score (nSPS) is 25.8. The van der Waals surface area contributed by atoms with Gasteiger partial charge in [-0.3, -0.25) is 0 Å². The minimum absolute atomic E-state index is 0.132. The van der Waals surface area contributed by atoms with Crippen molar-refractivity contribution in [3.8, 4) is 0 Å². The molecule has 1 aliphatic heterocycles. The van der Waals surface area contributed by atoms with Crippen LogP contribution in [0.25, 0.3) is 0 Å². The minimum atomic E-state index is -0.132. The van der Waals surface area contributed by atoms with Crippen molar-refractivity contribution < 1.29 is 4.74 Å². The van der Waals surface area contributed by atoms with Gasteiger partial charge in [-0.1, -0.05) is 55.7 Å². The van der Waals surface area contributed by atoms with Crippen molar-refractivity contribution >= 4 is 0 Å². The molecular weight excluding hydrogens is 292 g/mol. The summed E-state index contributed by atoms with van der Waals surface area (Å²) in [5.41, 5.74) is 4.20. The lowest BCUT2D eigenvalue weighted by molar-refractivity contribution is 0.00958. The average molecular weight is 331 g/mol. The van der Waals surface area contributed by atoms with Crippen LogP contribution in [0.4, 0.5) is 0 Å². The van der Waals surface area contributed by atoms with Gasteiger partial charge in [0.15, 0.2) is 0 Å². The second kappa shape index (κ2) is 8.74. The van der Waals surface area contributed by atoms with E-state index in [2.05, 4.69) is 79.7 Å². The molecule has 0 spiro atoms. The zero-order valence-electron chi connectivity index (χ0n) is 17.3. The highest BCUT2D eigenvalue weighted by Crippen LogP contribution is 2.46. The fourth-order valence-electron chi connectivity index (χ4n) is 4.11. The second-order valence-corrected chi connectivity index (χ2v) is 8.14. The smallest absolute Gasteiger partial charge is 0.104 e. The van der Waals surface area contributed by atoms with Crippen LogP contribution in [0.2, 0.25) is 0 Å². The second-order valence-electron chi connectivity index (χ2n) is 8.14. The Labute approximate surface area is 150 Å². The van der Waals surface area contributed by atoms with Gasteiger partial charge in [-0.2, -0.15) is 0 Å². The highest BCUT2D eigenvalue weighted by molar-refractivity contribution is 5.33. The van der Waals surface area contributed by atoms with Crippen molar-refractivity contribution in [2.75, 3.05) is 0 Å². The van der Waals surface area contributed by atoms with Crippen LogP contribution in [0.3, 0.4) is 0 Å². The molecule has 1 nitrogen and oxygen atoms in total. The highest BCUT2D eigenvalue weighted by atomic mass is 16.5. The summed E-state index contributed by atoms with van der Waals surface area (Å²) in [6, 6.07) is 0. The van der Waals surface area contributed by atoms with Gasteiger partial charge in [0.05, 0.1) is 5.76 Å². The van der Waals surface area contributed by atoms with E-state index in [9.17, 15) is 0 Å². The van der Waals surface area contributed by atoms with E-state index in [0.29, 0.717) is 0 Å². The molecule has 0 aromatic carbocycles. The molecule has 0 radical (unpaired) electrons. The molecule has 1 heteroatoms. The Morgan fingerprint density at radius 3 is 2.42 bits per heavy atom. The van der Waals surface area contributed by atoms with Crippen LogP contribution in [0, 0.1) is 5.41 Å². The van der Waals surface area contributed by atoms with E-state index in [-0.39, 0.29) is 11.0 Å². The molecular formula is C23H38O. The Bertz CT molecular complexity index is 542. The van der Waals surface area contributed by atoms with Crippen molar-refractivity contribution in [2.24, 2.45) is 5.41 Å². The van der Waals surface area contributed by atoms with Gasteiger partial charge in [-0.05, 0) is 78.2 Å². The summed E-state index contributed by atoms with van der Waals surface area (Å²) < 4.78 is 6.37. The van der Waals surface area contributed by atoms with Crippen LogP contribution in [0.15, 0.2) is 46.8 Å². The molecule has 1 atom stereocenters. The average Bonchev–Trinajstić information content (AvgIpc) is 2.54. The summed E-state index contributed by atoms with van der Waals surface area (Å²) >= 11 is 0. The number of ether oxygens (including phenoxy) is 1. The van der Waals surface area contributed by atoms with Gasteiger partial charge in [0, 0.05) is 0 Å². The molecule has 1 aliphatic rings. The van der Waals surface area contributed by atoms with E-state index < -0.39 is 0 Å². The third-order valence-corrected chi connectivity index (χ3v) is 4.93. The first-order valence-corrected chi connectivity index (χ1v) is 9.55. The van der Waals surface area contributed by atoms with E-state index in [1.807, 2.05) is 0 Å². The van der Waals surface area contributed by atoms with Gasteiger partial charge in [0.2, 0.25) is 0 Å². The van der Waals surface area contributed by atoms with Crippen LogP contribution in [-0.4, -0.2) is 5.60 Å². The number of hydrogen-bond donors (Lipinski definition) is 0. The van der Waals surface area contributed by atoms with Crippen molar-refractivity contribution in [2.45, 2.75) is 93.1 Å².